The van der Waals surface area contributed by atoms with Crippen molar-refractivity contribution in [2.24, 2.45) is 0 Å². The average Bonchev–Trinajstić information content (AvgIpc) is 2.40. The first-order chi connectivity index (χ1) is 8.70. The highest BCUT2D eigenvalue weighted by atomic mass is 35.5. The number of benzene rings is 2. The van der Waals surface area contributed by atoms with Gasteiger partial charge in [-0.1, -0.05) is 48.5 Å². The molecule has 100 valence electrons. The fourth-order valence-electron chi connectivity index (χ4n) is 1.98. The summed E-state index contributed by atoms with van der Waals surface area (Å²) >= 11 is 0. The van der Waals surface area contributed by atoms with Gasteiger partial charge in [-0.15, -0.1) is 12.4 Å². The van der Waals surface area contributed by atoms with E-state index in [-0.39, 0.29) is 12.4 Å². The maximum Gasteiger partial charge on any atom is 0.331 e. The Hall–Kier alpha value is -2.00. The number of likely N-dealkylation sites (N-methyl/N-ethyl adjacent to an activating group) is 1. The van der Waals surface area contributed by atoms with Gasteiger partial charge in [0.25, 0.3) is 0 Å². The number of para-hydroxylation sites is 1. The molecule has 1 unspecified atom stereocenters. The van der Waals surface area contributed by atoms with E-state index in [0.717, 1.165) is 11.3 Å². The van der Waals surface area contributed by atoms with Gasteiger partial charge in [0, 0.05) is 12.7 Å². The van der Waals surface area contributed by atoms with Crippen LogP contribution in [0.15, 0.2) is 60.7 Å². The van der Waals surface area contributed by atoms with E-state index in [9.17, 15) is 9.90 Å². The van der Waals surface area contributed by atoms with Crippen molar-refractivity contribution >= 4 is 24.1 Å². The highest BCUT2D eigenvalue weighted by molar-refractivity contribution is 5.85. The lowest BCUT2D eigenvalue weighted by Crippen LogP contribution is -2.30. The molecule has 3 nitrogen and oxygen atoms in total. The van der Waals surface area contributed by atoms with Crippen LogP contribution in [-0.2, 0) is 4.79 Å². The van der Waals surface area contributed by atoms with Crippen LogP contribution in [0, 0.1) is 0 Å². The van der Waals surface area contributed by atoms with Gasteiger partial charge in [-0.2, -0.15) is 0 Å². The van der Waals surface area contributed by atoms with E-state index in [4.69, 9.17) is 0 Å². The van der Waals surface area contributed by atoms with Crippen LogP contribution in [-0.4, -0.2) is 18.1 Å². The molecule has 19 heavy (non-hydrogen) atoms. The first-order valence-corrected chi connectivity index (χ1v) is 5.76. The summed E-state index contributed by atoms with van der Waals surface area (Å²) in [7, 11) is 1.79. The second-order valence-corrected chi connectivity index (χ2v) is 4.10. The Labute approximate surface area is 118 Å². The molecule has 0 heterocycles. The minimum absolute atomic E-state index is 0. The van der Waals surface area contributed by atoms with Crippen LogP contribution in [0.4, 0.5) is 5.69 Å². The predicted molar refractivity (Wildman–Crippen MR) is 78.9 cm³/mol. The SMILES string of the molecule is CN(c1ccccc1)C(C(=O)O)c1ccccc1.Cl. The maximum absolute atomic E-state index is 11.5. The summed E-state index contributed by atoms with van der Waals surface area (Å²) < 4.78 is 0. The summed E-state index contributed by atoms with van der Waals surface area (Å²) in [6.45, 7) is 0. The van der Waals surface area contributed by atoms with Crippen LogP contribution < -0.4 is 4.90 Å². The third kappa shape index (κ3) is 3.48. The summed E-state index contributed by atoms with van der Waals surface area (Å²) in [5.74, 6) is -0.854. The smallest absolute Gasteiger partial charge is 0.331 e. The number of rotatable bonds is 4. The van der Waals surface area contributed by atoms with Gasteiger partial charge in [-0.05, 0) is 17.7 Å². The summed E-state index contributed by atoms with van der Waals surface area (Å²) in [5, 5.41) is 9.42. The molecule has 0 aromatic heterocycles. The topological polar surface area (TPSA) is 40.5 Å². The summed E-state index contributed by atoms with van der Waals surface area (Å²) in [5.41, 5.74) is 1.66. The molecule has 2 aromatic carbocycles. The van der Waals surface area contributed by atoms with Gasteiger partial charge in [0.1, 0.15) is 0 Å². The van der Waals surface area contributed by atoms with Crippen LogP contribution in [0.1, 0.15) is 11.6 Å². The third-order valence-corrected chi connectivity index (χ3v) is 2.90. The van der Waals surface area contributed by atoms with E-state index in [2.05, 4.69) is 0 Å². The summed E-state index contributed by atoms with van der Waals surface area (Å²) in [6, 6.07) is 18.1. The van der Waals surface area contributed by atoms with E-state index in [1.165, 1.54) is 0 Å². The van der Waals surface area contributed by atoms with E-state index in [1.807, 2.05) is 60.7 Å². The molecule has 2 aromatic rings. The Morgan fingerprint density at radius 1 is 1.00 bits per heavy atom. The molecule has 1 N–H and O–H groups in total. The molecule has 0 spiro atoms. The molecule has 4 heteroatoms. The predicted octanol–water partition coefficient (Wildman–Crippen LogP) is 3.37. The monoisotopic (exact) mass is 277 g/mol. The lowest BCUT2D eigenvalue weighted by molar-refractivity contribution is -0.138. The number of nitrogens with zero attached hydrogens (tertiary/aromatic N) is 1. The molecule has 0 fully saturated rings. The first-order valence-electron chi connectivity index (χ1n) is 5.76. The number of hydrogen-bond acceptors (Lipinski definition) is 2. The van der Waals surface area contributed by atoms with Crippen molar-refractivity contribution in [3.8, 4) is 0 Å². The number of carbonyl (C=O) groups is 1. The lowest BCUT2D eigenvalue weighted by atomic mass is 10.1. The highest BCUT2D eigenvalue weighted by Gasteiger charge is 2.24. The first kappa shape index (κ1) is 15.1. The zero-order valence-corrected chi connectivity index (χ0v) is 11.4. The zero-order valence-electron chi connectivity index (χ0n) is 10.6. The standard InChI is InChI=1S/C15H15NO2.ClH/c1-16(13-10-6-3-7-11-13)14(15(17)18)12-8-4-2-5-9-12;/h2-11,14H,1H3,(H,17,18);1H. The minimum Gasteiger partial charge on any atom is -0.479 e. The van der Waals surface area contributed by atoms with Crippen LogP contribution in [0.25, 0.3) is 0 Å². The Kier molecular flexibility index (Phi) is 5.39. The fraction of sp³-hybridized carbons (Fsp3) is 0.133. The van der Waals surface area contributed by atoms with Gasteiger partial charge < -0.3 is 10.0 Å². The molecule has 0 saturated heterocycles. The van der Waals surface area contributed by atoms with Crippen molar-refractivity contribution < 1.29 is 9.90 Å². The normalized spacial score (nSPS) is 11.2. The summed E-state index contributed by atoms with van der Waals surface area (Å²) in [6.07, 6.45) is 0. The zero-order chi connectivity index (χ0) is 13.0. The second kappa shape index (κ2) is 6.81. The molecule has 0 amide bonds. The molecule has 2 rings (SSSR count). The Morgan fingerprint density at radius 3 is 1.95 bits per heavy atom. The number of halogens is 1. The van der Waals surface area contributed by atoms with Crippen molar-refractivity contribution in [1.29, 1.82) is 0 Å². The average molecular weight is 278 g/mol. The van der Waals surface area contributed by atoms with Crippen LogP contribution >= 0.6 is 12.4 Å². The van der Waals surface area contributed by atoms with Crippen LogP contribution in [0.2, 0.25) is 0 Å². The quantitative estimate of drug-likeness (QED) is 0.931. The molecule has 1 atom stereocenters. The van der Waals surface area contributed by atoms with Gasteiger partial charge in [0.05, 0.1) is 0 Å². The van der Waals surface area contributed by atoms with Gasteiger partial charge in [0.15, 0.2) is 6.04 Å². The fourth-order valence-corrected chi connectivity index (χ4v) is 1.98. The van der Waals surface area contributed by atoms with Crippen LogP contribution in [0.3, 0.4) is 0 Å². The molecule has 0 aliphatic rings. The van der Waals surface area contributed by atoms with E-state index in [1.54, 1.807) is 11.9 Å². The number of carboxylic acid groups (broad SMARTS) is 1. The van der Waals surface area contributed by atoms with Gasteiger partial charge in [-0.3, -0.25) is 0 Å². The number of aliphatic carboxylic acids is 1. The van der Waals surface area contributed by atoms with Crippen LogP contribution in [0.5, 0.6) is 0 Å². The van der Waals surface area contributed by atoms with Gasteiger partial charge >= 0.3 is 5.97 Å². The second-order valence-electron chi connectivity index (χ2n) is 4.10. The Bertz CT molecular complexity index is 516. The van der Waals surface area contributed by atoms with Crippen molar-refractivity contribution in [3.63, 3.8) is 0 Å². The van der Waals surface area contributed by atoms with E-state index >= 15 is 0 Å². The minimum atomic E-state index is -0.854. The molecule has 0 radical (unpaired) electrons. The molecule has 0 aliphatic heterocycles. The van der Waals surface area contributed by atoms with Crippen molar-refractivity contribution in [1.82, 2.24) is 0 Å². The molecular weight excluding hydrogens is 262 g/mol. The third-order valence-electron chi connectivity index (χ3n) is 2.90. The van der Waals surface area contributed by atoms with Crippen molar-refractivity contribution in [2.75, 3.05) is 11.9 Å². The van der Waals surface area contributed by atoms with Crippen molar-refractivity contribution in [2.45, 2.75) is 6.04 Å². The molecular formula is C15H16ClNO2. The highest BCUT2D eigenvalue weighted by Crippen LogP contribution is 2.25. The molecule has 0 saturated carbocycles. The number of hydrogen-bond donors (Lipinski definition) is 1. The lowest BCUT2D eigenvalue weighted by Gasteiger charge is -2.27. The Morgan fingerprint density at radius 2 is 1.47 bits per heavy atom. The Balaban J connectivity index is 0.00000180. The molecule has 0 aliphatic carbocycles. The van der Waals surface area contributed by atoms with E-state index < -0.39 is 12.0 Å². The number of carboxylic acids is 1. The van der Waals surface area contributed by atoms with Gasteiger partial charge in [0.2, 0.25) is 0 Å². The van der Waals surface area contributed by atoms with Crippen molar-refractivity contribution in [3.05, 3.63) is 66.2 Å². The van der Waals surface area contributed by atoms with Gasteiger partial charge in [-0.25, -0.2) is 4.79 Å². The molecule has 0 bridgehead atoms. The van der Waals surface area contributed by atoms with E-state index in [0.29, 0.717) is 0 Å². The summed E-state index contributed by atoms with van der Waals surface area (Å²) in [4.78, 5) is 13.2. The number of anilines is 1. The largest absolute Gasteiger partial charge is 0.479 e. The maximum atomic E-state index is 11.5.